The Kier molecular flexibility index (Phi) is 3.61. The Balaban J connectivity index is 1.92. The van der Waals surface area contributed by atoms with Crippen LogP contribution in [0.3, 0.4) is 0 Å². The van der Waals surface area contributed by atoms with E-state index in [0.717, 1.165) is 28.9 Å². The van der Waals surface area contributed by atoms with Crippen molar-refractivity contribution in [2.45, 2.75) is 6.42 Å². The van der Waals surface area contributed by atoms with Crippen LogP contribution in [0.15, 0.2) is 72.8 Å². The van der Waals surface area contributed by atoms with Crippen LogP contribution in [0.5, 0.6) is 0 Å². The number of rotatable bonds is 3. The first kappa shape index (κ1) is 13.3. The van der Waals surface area contributed by atoms with Crippen LogP contribution in [0, 0.1) is 0 Å². The lowest BCUT2D eigenvalue weighted by Gasteiger charge is -2.09. The number of nitrogen functional groups attached to an aromatic ring is 2. The van der Waals surface area contributed by atoms with Gasteiger partial charge in [0.25, 0.3) is 0 Å². The third-order valence-electron chi connectivity index (χ3n) is 3.59. The molecule has 3 aromatic carbocycles. The van der Waals surface area contributed by atoms with E-state index in [9.17, 15) is 0 Å². The summed E-state index contributed by atoms with van der Waals surface area (Å²) in [6.45, 7) is 0. The second-order valence-corrected chi connectivity index (χ2v) is 5.21. The van der Waals surface area contributed by atoms with Crippen molar-refractivity contribution in [1.29, 1.82) is 0 Å². The van der Waals surface area contributed by atoms with E-state index < -0.39 is 0 Å². The van der Waals surface area contributed by atoms with E-state index in [1.807, 2.05) is 36.4 Å². The van der Waals surface area contributed by atoms with Crippen molar-refractivity contribution in [3.63, 3.8) is 0 Å². The van der Waals surface area contributed by atoms with Crippen molar-refractivity contribution in [3.8, 4) is 11.1 Å². The Labute approximate surface area is 125 Å². The zero-order valence-corrected chi connectivity index (χ0v) is 11.8. The van der Waals surface area contributed by atoms with Gasteiger partial charge in [-0.15, -0.1) is 0 Å². The second-order valence-electron chi connectivity index (χ2n) is 5.21. The molecule has 4 N–H and O–H groups in total. The van der Waals surface area contributed by atoms with Gasteiger partial charge in [0.1, 0.15) is 0 Å². The van der Waals surface area contributed by atoms with Crippen molar-refractivity contribution < 1.29 is 0 Å². The Morgan fingerprint density at radius 1 is 0.667 bits per heavy atom. The summed E-state index contributed by atoms with van der Waals surface area (Å²) < 4.78 is 0. The maximum atomic E-state index is 6.12. The molecule has 0 radical (unpaired) electrons. The van der Waals surface area contributed by atoms with E-state index in [-0.39, 0.29) is 0 Å². The molecular weight excluding hydrogens is 256 g/mol. The quantitative estimate of drug-likeness (QED) is 0.706. The summed E-state index contributed by atoms with van der Waals surface area (Å²) in [4.78, 5) is 0. The number of nitrogens with two attached hydrogens (primary N) is 2. The highest BCUT2D eigenvalue weighted by Gasteiger charge is 2.04. The van der Waals surface area contributed by atoms with E-state index >= 15 is 0 Å². The molecule has 3 aromatic rings. The van der Waals surface area contributed by atoms with Gasteiger partial charge in [0.15, 0.2) is 0 Å². The average molecular weight is 274 g/mol. The first-order valence-electron chi connectivity index (χ1n) is 7.00. The molecule has 0 spiro atoms. The molecule has 0 atom stereocenters. The fourth-order valence-corrected chi connectivity index (χ4v) is 2.45. The molecule has 0 saturated heterocycles. The number of hydrogen-bond acceptors (Lipinski definition) is 2. The first-order chi connectivity index (χ1) is 10.2. The maximum Gasteiger partial charge on any atom is 0.0393 e. The minimum atomic E-state index is 0.793. The molecule has 0 saturated carbocycles. The molecular formula is C19H18N2. The monoisotopic (exact) mass is 274 g/mol. The summed E-state index contributed by atoms with van der Waals surface area (Å²) in [7, 11) is 0. The van der Waals surface area contributed by atoms with Gasteiger partial charge in [0, 0.05) is 16.9 Å². The largest absolute Gasteiger partial charge is 0.399 e. The van der Waals surface area contributed by atoms with Crippen molar-refractivity contribution in [2.24, 2.45) is 0 Å². The summed E-state index contributed by atoms with van der Waals surface area (Å²) >= 11 is 0. The van der Waals surface area contributed by atoms with E-state index in [1.165, 1.54) is 11.1 Å². The Morgan fingerprint density at radius 3 is 2.05 bits per heavy atom. The van der Waals surface area contributed by atoms with Crippen LogP contribution in [-0.4, -0.2) is 0 Å². The third-order valence-corrected chi connectivity index (χ3v) is 3.59. The van der Waals surface area contributed by atoms with Crippen molar-refractivity contribution in [1.82, 2.24) is 0 Å². The predicted octanol–water partition coefficient (Wildman–Crippen LogP) is 4.11. The average Bonchev–Trinajstić information content (AvgIpc) is 2.52. The van der Waals surface area contributed by atoms with Crippen LogP contribution in [0.25, 0.3) is 11.1 Å². The lowest BCUT2D eigenvalue weighted by Crippen LogP contribution is -1.94. The van der Waals surface area contributed by atoms with Crippen LogP contribution in [-0.2, 0) is 6.42 Å². The van der Waals surface area contributed by atoms with E-state index in [1.54, 1.807) is 0 Å². The third kappa shape index (κ3) is 3.06. The number of anilines is 2. The van der Waals surface area contributed by atoms with Gasteiger partial charge in [-0.25, -0.2) is 0 Å². The van der Waals surface area contributed by atoms with Gasteiger partial charge in [0.05, 0.1) is 0 Å². The van der Waals surface area contributed by atoms with Gasteiger partial charge in [-0.2, -0.15) is 0 Å². The molecule has 0 unspecified atom stereocenters. The van der Waals surface area contributed by atoms with Gasteiger partial charge < -0.3 is 11.5 Å². The first-order valence-corrected chi connectivity index (χ1v) is 7.00. The van der Waals surface area contributed by atoms with Crippen LogP contribution in [0.1, 0.15) is 11.1 Å². The maximum absolute atomic E-state index is 6.12. The molecule has 0 aromatic heterocycles. The normalized spacial score (nSPS) is 10.5. The van der Waals surface area contributed by atoms with Gasteiger partial charge >= 0.3 is 0 Å². The van der Waals surface area contributed by atoms with Crippen LogP contribution >= 0.6 is 0 Å². The van der Waals surface area contributed by atoms with E-state index in [4.69, 9.17) is 11.5 Å². The molecule has 2 heteroatoms. The SMILES string of the molecule is Nc1ccc(Cc2ccc(N)c(-c3ccccc3)c2)cc1. The van der Waals surface area contributed by atoms with Gasteiger partial charge in [-0.05, 0) is 47.4 Å². The smallest absolute Gasteiger partial charge is 0.0393 e. The fraction of sp³-hybridized carbons (Fsp3) is 0.0526. The number of benzene rings is 3. The summed E-state index contributed by atoms with van der Waals surface area (Å²) in [5.41, 5.74) is 18.2. The van der Waals surface area contributed by atoms with Crippen LogP contribution in [0.2, 0.25) is 0 Å². The molecule has 3 rings (SSSR count). The standard InChI is InChI=1S/C19H18N2/c20-17-9-6-14(7-10-17)12-15-8-11-19(21)18(13-15)16-4-2-1-3-5-16/h1-11,13H,12,20-21H2. The van der Waals surface area contributed by atoms with Gasteiger partial charge in [-0.1, -0.05) is 48.5 Å². The summed E-state index contributed by atoms with van der Waals surface area (Å²) in [6, 6.07) is 24.5. The van der Waals surface area contributed by atoms with E-state index in [0.29, 0.717) is 0 Å². The highest BCUT2D eigenvalue weighted by Crippen LogP contribution is 2.27. The minimum absolute atomic E-state index is 0.793. The Morgan fingerprint density at radius 2 is 1.33 bits per heavy atom. The molecule has 0 fully saturated rings. The summed E-state index contributed by atoms with van der Waals surface area (Å²) in [6.07, 6.45) is 0.875. The van der Waals surface area contributed by atoms with Crippen molar-refractivity contribution in [2.75, 3.05) is 11.5 Å². The Bertz CT molecular complexity index is 731. The van der Waals surface area contributed by atoms with Gasteiger partial charge in [0.2, 0.25) is 0 Å². The molecule has 0 bridgehead atoms. The van der Waals surface area contributed by atoms with Crippen molar-refractivity contribution >= 4 is 11.4 Å². The number of hydrogen-bond donors (Lipinski definition) is 2. The van der Waals surface area contributed by atoms with Gasteiger partial charge in [-0.3, -0.25) is 0 Å². The zero-order valence-electron chi connectivity index (χ0n) is 11.8. The van der Waals surface area contributed by atoms with Crippen LogP contribution in [0.4, 0.5) is 11.4 Å². The Hall–Kier alpha value is -2.74. The minimum Gasteiger partial charge on any atom is -0.399 e. The molecule has 0 aliphatic rings. The fourth-order valence-electron chi connectivity index (χ4n) is 2.45. The lowest BCUT2D eigenvalue weighted by atomic mass is 9.97. The second kappa shape index (κ2) is 5.71. The van der Waals surface area contributed by atoms with E-state index in [2.05, 4.69) is 36.4 Å². The zero-order chi connectivity index (χ0) is 14.7. The topological polar surface area (TPSA) is 52.0 Å². The lowest BCUT2D eigenvalue weighted by molar-refractivity contribution is 1.20. The molecule has 0 aliphatic carbocycles. The molecule has 0 amide bonds. The summed E-state index contributed by atoms with van der Waals surface area (Å²) in [5, 5.41) is 0. The van der Waals surface area contributed by atoms with Crippen molar-refractivity contribution in [3.05, 3.63) is 83.9 Å². The molecule has 0 aliphatic heterocycles. The molecule has 21 heavy (non-hydrogen) atoms. The predicted molar refractivity (Wildman–Crippen MR) is 90.0 cm³/mol. The summed E-state index contributed by atoms with van der Waals surface area (Å²) in [5.74, 6) is 0. The molecule has 2 nitrogen and oxygen atoms in total. The highest BCUT2D eigenvalue weighted by molar-refractivity contribution is 5.76. The molecule has 0 heterocycles. The molecule has 104 valence electrons. The van der Waals surface area contributed by atoms with Crippen LogP contribution < -0.4 is 11.5 Å². The highest BCUT2D eigenvalue weighted by atomic mass is 14.6.